The molecule has 0 saturated heterocycles. The molecule has 0 aliphatic rings. The molecule has 0 heterocycles. The van der Waals surface area contributed by atoms with Crippen LogP contribution in [-0.2, 0) is 4.79 Å². The van der Waals surface area contributed by atoms with E-state index in [2.05, 4.69) is 5.32 Å². The van der Waals surface area contributed by atoms with Gasteiger partial charge in [0.1, 0.15) is 5.75 Å². The predicted octanol–water partition coefficient (Wildman–Crippen LogP) is 1.95. The number of rotatable bonds is 4. The molecule has 3 N–H and O–H groups in total. The summed E-state index contributed by atoms with van der Waals surface area (Å²) in [5.41, 5.74) is 0.499. The zero-order valence-electron chi connectivity index (χ0n) is 10.5. The van der Waals surface area contributed by atoms with Crippen LogP contribution in [-0.4, -0.2) is 22.1 Å². The van der Waals surface area contributed by atoms with Crippen molar-refractivity contribution in [1.29, 1.82) is 0 Å². The normalized spacial score (nSPS) is 11.6. The number of carboxylic acids is 1. The molecule has 0 aliphatic heterocycles. The van der Waals surface area contributed by atoms with Gasteiger partial charge in [-0.1, -0.05) is 42.5 Å². The average molecular weight is 271 g/mol. The molecule has 2 rings (SSSR count). The van der Waals surface area contributed by atoms with Gasteiger partial charge in [-0.05, 0) is 17.7 Å². The number of aliphatic carboxylic acids is 1. The molecular formula is C15H13NO4. The highest BCUT2D eigenvalue weighted by molar-refractivity contribution is 5.98. The quantitative estimate of drug-likeness (QED) is 0.793. The van der Waals surface area contributed by atoms with E-state index < -0.39 is 17.9 Å². The van der Waals surface area contributed by atoms with Crippen molar-refractivity contribution in [3.63, 3.8) is 0 Å². The zero-order valence-corrected chi connectivity index (χ0v) is 10.5. The van der Waals surface area contributed by atoms with Gasteiger partial charge in [0.05, 0.1) is 5.56 Å². The van der Waals surface area contributed by atoms with E-state index in [1.807, 2.05) is 0 Å². The number of carbonyl (C=O) groups is 2. The number of phenolic OH excluding ortho intramolecular Hbond substituents is 1. The Labute approximate surface area is 115 Å². The monoisotopic (exact) mass is 271 g/mol. The molecule has 1 amide bonds. The largest absolute Gasteiger partial charge is 0.507 e. The SMILES string of the molecule is O=C(NC(C(=O)O)c1ccccc1)c1ccccc1O. The molecule has 102 valence electrons. The van der Waals surface area contributed by atoms with Gasteiger partial charge in [0.2, 0.25) is 0 Å². The summed E-state index contributed by atoms with van der Waals surface area (Å²) >= 11 is 0. The molecule has 0 spiro atoms. The first-order chi connectivity index (χ1) is 9.59. The lowest BCUT2D eigenvalue weighted by molar-refractivity contribution is -0.139. The van der Waals surface area contributed by atoms with E-state index in [0.717, 1.165) is 0 Å². The smallest absolute Gasteiger partial charge is 0.330 e. The van der Waals surface area contributed by atoms with Crippen molar-refractivity contribution >= 4 is 11.9 Å². The third-order valence-corrected chi connectivity index (χ3v) is 2.80. The van der Waals surface area contributed by atoms with Gasteiger partial charge in [-0.2, -0.15) is 0 Å². The van der Waals surface area contributed by atoms with Gasteiger partial charge >= 0.3 is 5.97 Å². The minimum Gasteiger partial charge on any atom is -0.507 e. The fraction of sp³-hybridized carbons (Fsp3) is 0.0667. The zero-order chi connectivity index (χ0) is 14.5. The predicted molar refractivity (Wildman–Crippen MR) is 72.4 cm³/mol. The van der Waals surface area contributed by atoms with Crippen molar-refractivity contribution in [2.45, 2.75) is 6.04 Å². The maximum Gasteiger partial charge on any atom is 0.330 e. The summed E-state index contributed by atoms with van der Waals surface area (Å²) in [6, 6.07) is 13.2. The second kappa shape index (κ2) is 5.88. The van der Waals surface area contributed by atoms with Gasteiger partial charge in [-0.15, -0.1) is 0 Å². The highest BCUT2D eigenvalue weighted by Gasteiger charge is 2.23. The van der Waals surface area contributed by atoms with Crippen molar-refractivity contribution in [3.05, 3.63) is 65.7 Å². The van der Waals surface area contributed by atoms with E-state index >= 15 is 0 Å². The third kappa shape index (κ3) is 2.95. The molecule has 1 atom stereocenters. The number of carbonyl (C=O) groups excluding carboxylic acids is 1. The summed E-state index contributed by atoms with van der Waals surface area (Å²) in [6.07, 6.45) is 0. The Bertz CT molecular complexity index is 625. The van der Waals surface area contributed by atoms with Crippen LogP contribution >= 0.6 is 0 Å². The summed E-state index contributed by atoms with van der Waals surface area (Å²) in [5, 5.41) is 21.2. The fourth-order valence-corrected chi connectivity index (χ4v) is 1.81. The molecule has 20 heavy (non-hydrogen) atoms. The topological polar surface area (TPSA) is 86.6 Å². The number of benzene rings is 2. The first kappa shape index (κ1) is 13.6. The summed E-state index contributed by atoms with van der Waals surface area (Å²) in [5.74, 6) is -2.00. The van der Waals surface area contributed by atoms with E-state index in [4.69, 9.17) is 0 Å². The molecule has 2 aromatic rings. The van der Waals surface area contributed by atoms with Gasteiger partial charge in [0, 0.05) is 0 Å². The van der Waals surface area contributed by atoms with Gasteiger partial charge in [0.25, 0.3) is 5.91 Å². The minimum absolute atomic E-state index is 0.0367. The Morgan fingerprint density at radius 3 is 2.15 bits per heavy atom. The van der Waals surface area contributed by atoms with Crippen molar-refractivity contribution in [3.8, 4) is 5.75 Å². The van der Waals surface area contributed by atoms with Crippen LogP contribution in [0.5, 0.6) is 5.75 Å². The lowest BCUT2D eigenvalue weighted by atomic mass is 10.1. The van der Waals surface area contributed by atoms with Crippen LogP contribution in [0.25, 0.3) is 0 Å². The number of hydrogen-bond donors (Lipinski definition) is 3. The van der Waals surface area contributed by atoms with Crippen molar-refractivity contribution in [2.75, 3.05) is 0 Å². The standard InChI is InChI=1S/C15H13NO4/c17-12-9-5-4-8-11(12)14(18)16-13(15(19)20)10-6-2-1-3-7-10/h1-9,13,17H,(H,16,18)(H,19,20). The molecule has 0 bridgehead atoms. The molecule has 0 aromatic heterocycles. The second-order valence-corrected chi connectivity index (χ2v) is 4.17. The highest BCUT2D eigenvalue weighted by Crippen LogP contribution is 2.18. The number of phenols is 1. The minimum atomic E-state index is -1.17. The van der Waals surface area contributed by atoms with E-state index in [0.29, 0.717) is 5.56 Å². The molecule has 0 saturated carbocycles. The highest BCUT2D eigenvalue weighted by atomic mass is 16.4. The van der Waals surface area contributed by atoms with Gasteiger partial charge < -0.3 is 15.5 Å². The van der Waals surface area contributed by atoms with E-state index in [-0.39, 0.29) is 11.3 Å². The molecule has 2 aromatic carbocycles. The fourth-order valence-electron chi connectivity index (χ4n) is 1.81. The van der Waals surface area contributed by atoms with Crippen LogP contribution in [0.4, 0.5) is 0 Å². The molecule has 1 unspecified atom stereocenters. The number of nitrogens with one attached hydrogen (secondary N) is 1. The Kier molecular flexibility index (Phi) is 4.00. The van der Waals surface area contributed by atoms with Crippen LogP contribution in [0.15, 0.2) is 54.6 Å². The lowest BCUT2D eigenvalue weighted by Crippen LogP contribution is -2.33. The van der Waals surface area contributed by atoms with E-state index in [9.17, 15) is 19.8 Å². The Morgan fingerprint density at radius 2 is 1.55 bits per heavy atom. The number of para-hydroxylation sites is 1. The van der Waals surface area contributed by atoms with Gasteiger partial charge in [0.15, 0.2) is 6.04 Å². The maximum absolute atomic E-state index is 12.0. The van der Waals surface area contributed by atoms with Crippen molar-refractivity contribution in [2.24, 2.45) is 0 Å². The Morgan fingerprint density at radius 1 is 0.950 bits per heavy atom. The average Bonchev–Trinajstić information content (AvgIpc) is 2.45. The van der Waals surface area contributed by atoms with Crippen LogP contribution < -0.4 is 5.32 Å². The second-order valence-electron chi connectivity index (χ2n) is 4.17. The first-order valence-corrected chi connectivity index (χ1v) is 5.96. The van der Waals surface area contributed by atoms with Crippen LogP contribution in [0.1, 0.15) is 22.0 Å². The van der Waals surface area contributed by atoms with Gasteiger partial charge in [-0.25, -0.2) is 4.79 Å². The summed E-state index contributed by atoms with van der Waals surface area (Å²) < 4.78 is 0. The number of carboxylic acid groups (broad SMARTS) is 1. The van der Waals surface area contributed by atoms with Crippen LogP contribution in [0.3, 0.4) is 0 Å². The summed E-state index contributed by atoms with van der Waals surface area (Å²) in [4.78, 5) is 23.3. The number of amides is 1. The number of hydrogen-bond acceptors (Lipinski definition) is 3. The van der Waals surface area contributed by atoms with Crippen molar-refractivity contribution in [1.82, 2.24) is 5.32 Å². The molecule has 0 aliphatic carbocycles. The van der Waals surface area contributed by atoms with Crippen molar-refractivity contribution < 1.29 is 19.8 Å². The molecule has 0 radical (unpaired) electrons. The molecular weight excluding hydrogens is 258 g/mol. The first-order valence-electron chi connectivity index (χ1n) is 5.96. The molecule has 5 nitrogen and oxygen atoms in total. The Hall–Kier alpha value is -2.82. The summed E-state index contributed by atoms with van der Waals surface area (Å²) in [6.45, 7) is 0. The number of aromatic hydroxyl groups is 1. The Balaban J connectivity index is 2.24. The molecule has 5 heteroatoms. The molecule has 0 fully saturated rings. The van der Waals surface area contributed by atoms with E-state index in [1.54, 1.807) is 42.5 Å². The van der Waals surface area contributed by atoms with Crippen LogP contribution in [0.2, 0.25) is 0 Å². The third-order valence-electron chi connectivity index (χ3n) is 2.80. The lowest BCUT2D eigenvalue weighted by Gasteiger charge is -2.15. The van der Waals surface area contributed by atoms with E-state index in [1.165, 1.54) is 12.1 Å². The summed E-state index contributed by atoms with van der Waals surface area (Å²) in [7, 11) is 0. The van der Waals surface area contributed by atoms with Crippen LogP contribution in [0, 0.1) is 0 Å². The van der Waals surface area contributed by atoms with Gasteiger partial charge in [-0.3, -0.25) is 4.79 Å². The maximum atomic E-state index is 12.0.